The smallest absolute Gasteiger partial charge is 0.264 e. The topological polar surface area (TPSA) is 79.0 Å². The second-order valence-corrected chi connectivity index (χ2v) is 8.59. The Hall–Kier alpha value is -2.58. The number of ether oxygens (including phenoxy) is 1. The van der Waals surface area contributed by atoms with Gasteiger partial charge in [-0.3, -0.25) is 9.10 Å². The number of carbonyl (C=O) groups excluding carboxylic acids is 1. The highest BCUT2D eigenvalue weighted by atomic mass is 32.2. The van der Waals surface area contributed by atoms with Crippen molar-refractivity contribution in [3.63, 3.8) is 0 Å². The Kier molecular flexibility index (Phi) is 8.48. The number of nitrogens with zero attached hydrogens (tertiary/aromatic N) is 2. The normalized spacial score (nSPS) is 11.3. The van der Waals surface area contributed by atoms with Crippen LogP contribution < -0.4 is 14.4 Å². The van der Waals surface area contributed by atoms with E-state index in [0.717, 1.165) is 17.3 Å². The fourth-order valence-corrected chi connectivity index (χ4v) is 4.22. The van der Waals surface area contributed by atoms with Gasteiger partial charge in [-0.1, -0.05) is 30.3 Å². The van der Waals surface area contributed by atoms with Gasteiger partial charge in [0, 0.05) is 6.54 Å². The van der Waals surface area contributed by atoms with E-state index in [2.05, 4.69) is 5.32 Å². The van der Waals surface area contributed by atoms with E-state index in [-0.39, 0.29) is 17.3 Å². The van der Waals surface area contributed by atoms with Crippen LogP contribution in [-0.4, -0.2) is 59.6 Å². The molecule has 0 atom stereocenters. The largest absolute Gasteiger partial charge is 0.492 e. The number of rotatable bonds is 11. The molecule has 0 saturated heterocycles. The first-order chi connectivity index (χ1) is 13.9. The Morgan fingerprint density at radius 3 is 2.34 bits per heavy atom. The van der Waals surface area contributed by atoms with Gasteiger partial charge in [0.15, 0.2) is 0 Å². The monoisotopic (exact) mass is 419 g/mol. The molecule has 8 heteroatoms. The molecule has 0 radical (unpaired) electrons. The van der Waals surface area contributed by atoms with Crippen LogP contribution in [0.5, 0.6) is 5.75 Å². The van der Waals surface area contributed by atoms with Crippen molar-refractivity contribution in [1.29, 1.82) is 0 Å². The summed E-state index contributed by atoms with van der Waals surface area (Å²) in [6.07, 6.45) is 0.777. The summed E-state index contributed by atoms with van der Waals surface area (Å²) in [5, 5.41) is 2.80. The zero-order valence-corrected chi connectivity index (χ0v) is 18.0. The van der Waals surface area contributed by atoms with Gasteiger partial charge in [-0.15, -0.1) is 0 Å². The number of nitrogens with one attached hydrogen (secondary N) is 1. The molecule has 0 aliphatic heterocycles. The van der Waals surface area contributed by atoms with E-state index in [4.69, 9.17) is 4.74 Å². The van der Waals surface area contributed by atoms with E-state index in [1.807, 2.05) is 25.9 Å². The predicted octanol–water partition coefficient (Wildman–Crippen LogP) is 2.35. The summed E-state index contributed by atoms with van der Waals surface area (Å²) in [6, 6.07) is 14.9. The Labute approximate surface area is 173 Å². The van der Waals surface area contributed by atoms with E-state index in [0.29, 0.717) is 24.6 Å². The Bertz CT molecular complexity index is 886. The molecule has 0 aliphatic carbocycles. The highest BCUT2D eigenvalue weighted by Crippen LogP contribution is 2.32. The van der Waals surface area contributed by atoms with Crippen LogP contribution in [0.3, 0.4) is 0 Å². The third-order valence-corrected chi connectivity index (χ3v) is 5.93. The number of sulfonamides is 1. The minimum atomic E-state index is -3.95. The van der Waals surface area contributed by atoms with Crippen LogP contribution in [0, 0.1) is 0 Å². The molecule has 7 nitrogen and oxygen atoms in total. The summed E-state index contributed by atoms with van der Waals surface area (Å²) in [5.74, 6) is 0.0458. The lowest BCUT2D eigenvalue weighted by Crippen LogP contribution is -2.41. The molecule has 1 amide bonds. The second-order valence-electron chi connectivity index (χ2n) is 6.73. The third kappa shape index (κ3) is 6.47. The van der Waals surface area contributed by atoms with E-state index in [1.54, 1.807) is 42.5 Å². The molecule has 0 bridgehead atoms. The molecular weight excluding hydrogens is 390 g/mol. The minimum absolute atomic E-state index is 0.117. The molecule has 0 fully saturated rings. The molecule has 29 heavy (non-hydrogen) atoms. The second kappa shape index (κ2) is 10.8. The average Bonchev–Trinajstić information content (AvgIpc) is 2.71. The van der Waals surface area contributed by atoms with Gasteiger partial charge in [-0.2, -0.15) is 0 Å². The average molecular weight is 420 g/mol. The van der Waals surface area contributed by atoms with Crippen molar-refractivity contribution < 1.29 is 17.9 Å². The van der Waals surface area contributed by atoms with Crippen LogP contribution in [0.25, 0.3) is 0 Å². The minimum Gasteiger partial charge on any atom is -0.492 e. The molecule has 0 spiro atoms. The van der Waals surface area contributed by atoms with E-state index < -0.39 is 10.0 Å². The molecule has 0 aliphatic rings. The van der Waals surface area contributed by atoms with E-state index >= 15 is 0 Å². The SMILES string of the molecule is CCOc1ccccc1N(CC(=O)NCCCN(C)C)S(=O)(=O)c1ccccc1. The molecule has 0 unspecified atom stereocenters. The summed E-state index contributed by atoms with van der Waals surface area (Å²) in [5.41, 5.74) is 0.335. The highest BCUT2D eigenvalue weighted by molar-refractivity contribution is 7.92. The van der Waals surface area contributed by atoms with Crippen LogP contribution >= 0.6 is 0 Å². The van der Waals surface area contributed by atoms with Crippen LogP contribution in [0.15, 0.2) is 59.5 Å². The predicted molar refractivity (Wildman–Crippen MR) is 115 cm³/mol. The quantitative estimate of drug-likeness (QED) is 0.566. The zero-order chi connectivity index (χ0) is 21.3. The number of amides is 1. The summed E-state index contributed by atoms with van der Waals surface area (Å²) < 4.78 is 33.4. The van der Waals surface area contributed by atoms with Gasteiger partial charge in [0.2, 0.25) is 5.91 Å². The van der Waals surface area contributed by atoms with Crippen LogP contribution in [0.4, 0.5) is 5.69 Å². The van der Waals surface area contributed by atoms with Crippen molar-refractivity contribution >= 4 is 21.6 Å². The molecule has 0 aromatic heterocycles. The molecule has 2 aromatic carbocycles. The summed E-state index contributed by atoms with van der Waals surface area (Å²) in [7, 11) is -0.0318. The molecule has 2 rings (SSSR count). The lowest BCUT2D eigenvalue weighted by atomic mass is 10.3. The summed E-state index contributed by atoms with van der Waals surface area (Å²) in [4.78, 5) is 14.7. The van der Waals surface area contributed by atoms with Crippen LogP contribution in [0.2, 0.25) is 0 Å². The number of benzene rings is 2. The molecule has 2 aromatic rings. The van der Waals surface area contributed by atoms with Gasteiger partial charge in [-0.25, -0.2) is 8.42 Å². The van der Waals surface area contributed by atoms with Crippen LogP contribution in [-0.2, 0) is 14.8 Å². The summed E-state index contributed by atoms with van der Waals surface area (Å²) in [6.45, 7) is 3.18. The number of hydrogen-bond acceptors (Lipinski definition) is 5. The maximum atomic E-state index is 13.3. The van der Waals surface area contributed by atoms with Crippen molar-refractivity contribution in [3.05, 3.63) is 54.6 Å². The van der Waals surface area contributed by atoms with Gasteiger partial charge in [0.05, 0.1) is 17.2 Å². The fourth-order valence-electron chi connectivity index (χ4n) is 2.77. The van der Waals surface area contributed by atoms with Gasteiger partial charge in [-0.05, 0) is 58.3 Å². The number of para-hydroxylation sites is 2. The maximum Gasteiger partial charge on any atom is 0.264 e. The van der Waals surface area contributed by atoms with Crippen LogP contribution in [0.1, 0.15) is 13.3 Å². The lowest BCUT2D eigenvalue weighted by Gasteiger charge is -2.26. The molecule has 158 valence electrons. The number of carbonyl (C=O) groups is 1. The first-order valence-corrected chi connectivity index (χ1v) is 11.0. The highest BCUT2D eigenvalue weighted by Gasteiger charge is 2.29. The standard InChI is InChI=1S/C21H29N3O4S/c1-4-28-20-14-9-8-13-19(20)24(17-21(25)22-15-10-16-23(2)3)29(26,27)18-11-6-5-7-12-18/h5-9,11-14H,4,10,15-17H2,1-3H3,(H,22,25). The van der Waals surface area contributed by atoms with Crippen molar-refractivity contribution in [2.45, 2.75) is 18.2 Å². The van der Waals surface area contributed by atoms with E-state index in [9.17, 15) is 13.2 Å². The third-order valence-electron chi connectivity index (χ3n) is 4.16. The van der Waals surface area contributed by atoms with Crippen molar-refractivity contribution in [3.8, 4) is 5.75 Å². The maximum absolute atomic E-state index is 13.3. The number of anilines is 1. The van der Waals surface area contributed by atoms with Gasteiger partial charge in [0.1, 0.15) is 12.3 Å². The lowest BCUT2D eigenvalue weighted by molar-refractivity contribution is -0.119. The fraction of sp³-hybridized carbons (Fsp3) is 0.381. The summed E-state index contributed by atoms with van der Waals surface area (Å²) >= 11 is 0. The van der Waals surface area contributed by atoms with Crippen molar-refractivity contribution in [1.82, 2.24) is 10.2 Å². The number of hydrogen-bond donors (Lipinski definition) is 1. The van der Waals surface area contributed by atoms with Gasteiger partial charge in [0.25, 0.3) is 10.0 Å². The Morgan fingerprint density at radius 2 is 1.69 bits per heavy atom. The molecular formula is C21H29N3O4S. The van der Waals surface area contributed by atoms with Crippen molar-refractivity contribution in [2.24, 2.45) is 0 Å². The molecule has 0 saturated carbocycles. The molecule has 1 N–H and O–H groups in total. The van der Waals surface area contributed by atoms with Crippen molar-refractivity contribution in [2.75, 3.05) is 44.6 Å². The van der Waals surface area contributed by atoms with Gasteiger partial charge < -0.3 is 15.0 Å². The first kappa shape index (κ1) is 22.7. The zero-order valence-electron chi connectivity index (χ0n) is 17.2. The first-order valence-electron chi connectivity index (χ1n) is 9.57. The van der Waals surface area contributed by atoms with Gasteiger partial charge >= 0.3 is 0 Å². The Balaban J connectivity index is 2.31. The van der Waals surface area contributed by atoms with E-state index in [1.165, 1.54) is 12.1 Å². The Morgan fingerprint density at radius 1 is 1.03 bits per heavy atom. The molecule has 0 heterocycles.